The van der Waals surface area contributed by atoms with Crippen LogP contribution in [0.2, 0.25) is 0 Å². The van der Waals surface area contributed by atoms with Crippen molar-refractivity contribution in [1.82, 2.24) is 25.1 Å². The molecule has 0 unspecified atom stereocenters. The Balaban J connectivity index is 1.48. The molecule has 4 aromatic carbocycles. The van der Waals surface area contributed by atoms with Crippen molar-refractivity contribution < 1.29 is 33.8 Å². The van der Waals surface area contributed by atoms with Gasteiger partial charge in [0, 0.05) is 25.7 Å². The van der Waals surface area contributed by atoms with Crippen LogP contribution in [0.15, 0.2) is 134 Å². The van der Waals surface area contributed by atoms with Gasteiger partial charge < -0.3 is 34.7 Å². The van der Waals surface area contributed by atoms with Crippen molar-refractivity contribution in [3.05, 3.63) is 162 Å². The zero-order chi connectivity index (χ0) is 38.6. The molecule has 1 atom stereocenters. The van der Waals surface area contributed by atoms with Crippen LogP contribution in [0.25, 0.3) is 0 Å². The van der Waals surface area contributed by atoms with E-state index >= 15 is 0 Å². The Morgan fingerprint density at radius 2 is 1.30 bits per heavy atom. The molecule has 0 bridgehead atoms. The molecule has 0 saturated carbocycles. The number of carbonyl (C=O) groups excluding carboxylic acids is 3. The standard InChI is InChI=1S/C42H45N5O7/c1-41(2,3)54-39(51)43-24-25-46(28-37(48)49)38(50)36(45-40(52)53-29-31-16-8-4-9-17-31)26-35-27-47(30-44-35)42(32-18-10-5-11-19-32,33-20-12-6-13-21-33)34-22-14-7-15-23-34/h4-23,27,30,36H,24-26,28-29H2,1-3H3,(H,43,51)(H,45,52)(H,48,49)/t36-/m0/s1. The molecule has 280 valence electrons. The summed E-state index contributed by atoms with van der Waals surface area (Å²) in [7, 11) is 0. The monoisotopic (exact) mass is 731 g/mol. The number of benzene rings is 4. The molecule has 3 amide bonds. The summed E-state index contributed by atoms with van der Waals surface area (Å²) in [6.07, 6.45) is 1.84. The SMILES string of the molecule is CC(C)(C)OC(=O)NCCN(CC(=O)O)C(=O)[C@H](Cc1cn(C(c2ccccc2)(c2ccccc2)c2ccccc2)cn1)NC(=O)OCc1ccccc1. The van der Waals surface area contributed by atoms with E-state index in [-0.39, 0.29) is 26.1 Å². The number of aromatic nitrogens is 2. The minimum atomic E-state index is -1.28. The summed E-state index contributed by atoms with van der Waals surface area (Å²) < 4.78 is 12.7. The number of carboxylic acids is 1. The zero-order valence-electron chi connectivity index (χ0n) is 30.6. The largest absolute Gasteiger partial charge is 0.480 e. The molecular formula is C42H45N5O7. The van der Waals surface area contributed by atoms with Crippen molar-refractivity contribution in [2.24, 2.45) is 0 Å². The summed E-state index contributed by atoms with van der Waals surface area (Å²) in [6, 6.07) is 37.8. The fourth-order valence-corrected chi connectivity index (χ4v) is 6.21. The summed E-state index contributed by atoms with van der Waals surface area (Å²) in [4.78, 5) is 57.4. The molecule has 5 rings (SSSR count). The molecule has 1 heterocycles. The molecule has 12 heteroatoms. The van der Waals surface area contributed by atoms with Gasteiger partial charge in [-0.25, -0.2) is 14.6 Å². The van der Waals surface area contributed by atoms with E-state index in [4.69, 9.17) is 14.5 Å². The van der Waals surface area contributed by atoms with E-state index in [2.05, 4.69) is 10.6 Å². The lowest BCUT2D eigenvalue weighted by molar-refractivity contribution is -0.145. The highest BCUT2D eigenvalue weighted by Gasteiger charge is 2.39. The minimum absolute atomic E-state index is 0.0470. The van der Waals surface area contributed by atoms with Gasteiger partial charge in [0.25, 0.3) is 0 Å². The van der Waals surface area contributed by atoms with Gasteiger partial charge in [0.2, 0.25) is 5.91 Å². The summed E-state index contributed by atoms with van der Waals surface area (Å²) in [5.74, 6) is -1.97. The summed E-state index contributed by atoms with van der Waals surface area (Å²) >= 11 is 0. The number of nitrogens with one attached hydrogen (secondary N) is 2. The molecule has 0 radical (unpaired) electrons. The van der Waals surface area contributed by atoms with Crippen LogP contribution in [-0.2, 0) is 37.6 Å². The number of hydrogen-bond acceptors (Lipinski definition) is 7. The van der Waals surface area contributed by atoms with E-state index in [1.807, 2.05) is 120 Å². The maximum Gasteiger partial charge on any atom is 0.408 e. The van der Waals surface area contributed by atoms with Crippen molar-refractivity contribution in [2.45, 2.75) is 51.0 Å². The van der Waals surface area contributed by atoms with Crippen LogP contribution in [0.1, 0.15) is 48.7 Å². The van der Waals surface area contributed by atoms with E-state index < -0.39 is 47.8 Å². The molecule has 0 fully saturated rings. The number of alkyl carbamates (subject to hydrolysis) is 2. The second kappa shape index (κ2) is 17.9. The van der Waals surface area contributed by atoms with Crippen LogP contribution in [-0.4, -0.2) is 74.9 Å². The van der Waals surface area contributed by atoms with Gasteiger partial charge in [-0.05, 0) is 43.0 Å². The van der Waals surface area contributed by atoms with Gasteiger partial charge in [-0.3, -0.25) is 9.59 Å². The van der Waals surface area contributed by atoms with Crippen LogP contribution in [0.4, 0.5) is 9.59 Å². The van der Waals surface area contributed by atoms with E-state index in [9.17, 15) is 24.3 Å². The molecule has 12 nitrogen and oxygen atoms in total. The highest BCUT2D eigenvalue weighted by Crippen LogP contribution is 2.40. The smallest absolute Gasteiger partial charge is 0.408 e. The van der Waals surface area contributed by atoms with Crippen LogP contribution >= 0.6 is 0 Å². The number of carboxylic acid groups (broad SMARTS) is 1. The third-order valence-electron chi connectivity index (χ3n) is 8.50. The Hall–Kier alpha value is -6.43. The first-order chi connectivity index (χ1) is 26.0. The number of imidazole rings is 1. The van der Waals surface area contributed by atoms with Crippen molar-refractivity contribution in [1.29, 1.82) is 0 Å². The van der Waals surface area contributed by atoms with Gasteiger partial charge in [0.05, 0.1) is 12.0 Å². The average molecular weight is 732 g/mol. The maximum absolute atomic E-state index is 14.2. The first kappa shape index (κ1) is 38.8. The number of rotatable bonds is 15. The quantitative estimate of drug-likeness (QED) is 0.111. The second-order valence-electron chi connectivity index (χ2n) is 13.6. The first-order valence-electron chi connectivity index (χ1n) is 17.6. The Bertz CT molecular complexity index is 1880. The van der Waals surface area contributed by atoms with Gasteiger partial charge in [-0.1, -0.05) is 121 Å². The van der Waals surface area contributed by atoms with Gasteiger partial charge in [-0.15, -0.1) is 0 Å². The van der Waals surface area contributed by atoms with Crippen molar-refractivity contribution in [2.75, 3.05) is 19.6 Å². The summed E-state index contributed by atoms with van der Waals surface area (Å²) in [6.45, 7) is 4.14. The fraction of sp³-hybridized carbons (Fsp3) is 0.262. The maximum atomic E-state index is 14.2. The Morgan fingerprint density at radius 1 is 0.778 bits per heavy atom. The molecule has 0 aliphatic rings. The Kier molecular flexibility index (Phi) is 12.8. The van der Waals surface area contributed by atoms with Crippen LogP contribution in [0.3, 0.4) is 0 Å². The molecule has 0 saturated heterocycles. The number of hydrogen-bond donors (Lipinski definition) is 3. The first-order valence-corrected chi connectivity index (χ1v) is 17.6. The van der Waals surface area contributed by atoms with Crippen LogP contribution < -0.4 is 10.6 Å². The van der Waals surface area contributed by atoms with Gasteiger partial charge in [0.1, 0.15) is 30.3 Å². The third-order valence-corrected chi connectivity index (χ3v) is 8.50. The van der Waals surface area contributed by atoms with Gasteiger partial charge in [-0.2, -0.15) is 0 Å². The molecule has 1 aromatic heterocycles. The summed E-state index contributed by atoms with van der Waals surface area (Å²) in [5, 5.41) is 15.0. The molecule has 0 spiro atoms. The lowest BCUT2D eigenvalue weighted by Crippen LogP contribution is -2.52. The average Bonchev–Trinajstić information content (AvgIpc) is 3.63. The number of carbonyl (C=O) groups is 4. The third kappa shape index (κ3) is 10.1. The lowest BCUT2D eigenvalue weighted by Gasteiger charge is -2.37. The molecule has 54 heavy (non-hydrogen) atoms. The molecule has 0 aliphatic heterocycles. The van der Waals surface area contributed by atoms with E-state index in [1.54, 1.807) is 39.2 Å². The van der Waals surface area contributed by atoms with Crippen molar-refractivity contribution in [3.8, 4) is 0 Å². The molecule has 3 N–H and O–H groups in total. The molecule has 5 aromatic rings. The lowest BCUT2D eigenvalue weighted by atomic mass is 9.77. The Labute approximate surface area is 314 Å². The van der Waals surface area contributed by atoms with Crippen molar-refractivity contribution in [3.63, 3.8) is 0 Å². The number of amides is 3. The predicted molar refractivity (Wildman–Crippen MR) is 203 cm³/mol. The predicted octanol–water partition coefficient (Wildman–Crippen LogP) is 6.00. The highest BCUT2D eigenvalue weighted by molar-refractivity contribution is 5.88. The van der Waals surface area contributed by atoms with E-state index in [0.29, 0.717) is 5.69 Å². The van der Waals surface area contributed by atoms with Crippen LogP contribution in [0.5, 0.6) is 0 Å². The van der Waals surface area contributed by atoms with E-state index in [1.165, 1.54) is 0 Å². The van der Waals surface area contributed by atoms with Crippen LogP contribution in [0, 0.1) is 0 Å². The highest BCUT2D eigenvalue weighted by atomic mass is 16.6. The topological polar surface area (TPSA) is 152 Å². The van der Waals surface area contributed by atoms with Gasteiger partial charge in [0.15, 0.2) is 0 Å². The normalized spacial score (nSPS) is 11.9. The molecule has 0 aliphatic carbocycles. The number of aliphatic carboxylic acids is 1. The summed E-state index contributed by atoms with van der Waals surface area (Å²) in [5.41, 5.74) is 2.46. The Morgan fingerprint density at radius 3 is 1.80 bits per heavy atom. The minimum Gasteiger partial charge on any atom is -0.480 e. The van der Waals surface area contributed by atoms with E-state index in [0.717, 1.165) is 27.2 Å². The van der Waals surface area contributed by atoms with Crippen molar-refractivity contribution >= 4 is 24.1 Å². The number of nitrogens with zero attached hydrogens (tertiary/aromatic N) is 3. The second-order valence-corrected chi connectivity index (χ2v) is 13.6. The van der Waals surface area contributed by atoms with Gasteiger partial charge >= 0.3 is 18.2 Å². The number of ether oxygens (including phenoxy) is 2. The zero-order valence-corrected chi connectivity index (χ0v) is 30.6. The molecular weight excluding hydrogens is 686 g/mol. The fourth-order valence-electron chi connectivity index (χ4n) is 6.21.